The van der Waals surface area contributed by atoms with Crippen LogP contribution in [0.4, 0.5) is 0 Å². The molecule has 1 aromatic carbocycles. The molecule has 1 fully saturated rings. The highest BCUT2D eigenvalue weighted by atomic mass is 35.5. The van der Waals surface area contributed by atoms with Gasteiger partial charge in [0.05, 0.1) is 31.0 Å². The molecule has 2 aliphatic rings. The molecule has 2 amide bonds. The van der Waals surface area contributed by atoms with Gasteiger partial charge in [-0.2, -0.15) is 0 Å². The molecule has 4 atom stereocenters. The summed E-state index contributed by atoms with van der Waals surface area (Å²) in [5.74, 6) is -0.106. The zero-order valence-corrected chi connectivity index (χ0v) is 20.1. The maximum Gasteiger partial charge on any atom is 0.261 e. The number of carbonyl (C=O) groups is 2. The molecule has 9 nitrogen and oxygen atoms in total. The molecule has 184 valence electrons. The fourth-order valence-corrected chi connectivity index (χ4v) is 4.67. The monoisotopic (exact) mass is 518 g/mol. The molecular formula is C24H24Cl2N4O5. The van der Waals surface area contributed by atoms with E-state index in [2.05, 4.69) is 15.6 Å². The summed E-state index contributed by atoms with van der Waals surface area (Å²) in [5.41, 5.74) is 1.99. The minimum absolute atomic E-state index is 0.132. The summed E-state index contributed by atoms with van der Waals surface area (Å²) in [4.78, 5) is 29.7. The molecule has 0 radical (unpaired) electrons. The lowest BCUT2D eigenvalue weighted by atomic mass is 9.98. The molecule has 0 aliphatic carbocycles. The smallest absolute Gasteiger partial charge is 0.261 e. The molecule has 3 N–H and O–H groups in total. The number of nitrogens with one attached hydrogen (secondary N) is 2. The molecular weight excluding hydrogens is 495 g/mol. The molecule has 11 heteroatoms. The van der Waals surface area contributed by atoms with Crippen LogP contribution in [0.25, 0.3) is 5.65 Å². The number of pyridine rings is 1. The van der Waals surface area contributed by atoms with Crippen molar-refractivity contribution in [1.82, 2.24) is 20.0 Å². The second-order valence-electron chi connectivity index (χ2n) is 8.71. The first-order chi connectivity index (χ1) is 16.9. The molecule has 0 saturated carbocycles. The predicted octanol–water partition coefficient (Wildman–Crippen LogP) is 2.81. The average Bonchev–Trinajstić information content (AvgIpc) is 3.25. The summed E-state index contributed by atoms with van der Waals surface area (Å²) in [6, 6.07) is 8.20. The van der Waals surface area contributed by atoms with Crippen molar-refractivity contribution in [2.24, 2.45) is 0 Å². The Labute approximate surface area is 211 Å². The average molecular weight is 519 g/mol. The number of benzene rings is 1. The normalized spacial score (nSPS) is 23.9. The Bertz CT molecular complexity index is 1260. The number of ether oxygens (including phenoxy) is 2. The highest BCUT2D eigenvalue weighted by Gasteiger charge is 2.34. The van der Waals surface area contributed by atoms with Crippen LogP contribution in [-0.2, 0) is 20.9 Å². The number of rotatable bonds is 5. The first kappa shape index (κ1) is 23.9. The minimum Gasteiger partial charge on any atom is -0.480 e. The summed E-state index contributed by atoms with van der Waals surface area (Å²) < 4.78 is 13.3. The zero-order valence-electron chi connectivity index (χ0n) is 18.6. The number of hydrogen-bond donors (Lipinski definition) is 3. The van der Waals surface area contributed by atoms with Crippen LogP contribution in [0.1, 0.15) is 36.6 Å². The van der Waals surface area contributed by atoms with Gasteiger partial charge in [0.2, 0.25) is 5.91 Å². The number of aliphatic hydroxyl groups is 1. The lowest BCUT2D eigenvalue weighted by Gasteiger charge is -2.32. The van der Waals surface area contributed by atoms with Gasteiger partial charge in [0.25, 0.3) is 5.91 Å². The van der Waals surface area contributed by atoms with Gasteiger partial charge in [0.1, 0.15) is 17.5 Å². The van der Waals surface area contributed by atoms with E-state index in [0.717, 1.165) is 0 Å². The van der Waals surface area contributed by atoms with E-state index >= 15 is 0 Å². The molecule has 5 rings (SSSR count). The Balaban J connectivity index is 1.09. The molecule has 4 heterocycles. The summed E-state index contributed by atoms with van der Waals surface area (Å²) in [6.07, 6.45) is 2.56. The van der Waals surface area contributed by atoms with Crippen LogP contribution in [0.15, 0.2) is 42.7 Å². The Morgan fingerprint density at radius 2 is 1.94 bits per heavy atom. The van der Waals surface area contributed by atoms with E-state index in [1.807, 2.05) is 16.8 Å². The first-order valence-electron chi connectivity index (χ1n) is 11.3. The summed E-state index contributed by atoms with van der Waals surface area (Å²) in [5, 5.41) is 17.2. The molecule has 3 aromatic rings. The van der Waals surface area contributed by atoms with Gasteiger partial charge in [-0.15, -0.1) is 0 Å². The largest absolute Gasteiger partial charge is 0.480 e. The number of hydrogen-bond acceptors (Lipinski definition) is 6. The van der Waals surface area contributed by atoms with Crippen molar-refractivity contribution < 1.29 is 24.2 Å². The van der Waals surface area contributed by atoms with E-state index < -0.39 is 18.3 Å². The van der Waals surface area contributed by atoms with Crippen LogP contribution in [0, 0.1) is 0 Å². The Morgan fingerprint density at radius 3 is 2.74 bits per heavy atom. The lowest BCUT2D eigenvalue weighted by molar-refractivity contribution is -0.138. The van der Waals surface area contributed by atoms with Gasteiger partial charge in [-0.1, -0.05) is 23.2 Å². The van der Waals surface area contributed by atoms with Gasteiger partial charge in [0.15, 0.2) is 6.10 Å². The highest BCUT2D eigenvalue weighted by Crippen LogP contribution is 2.36. The number of aromatic nitrogens is 2. The minimum atomic E-state index is -0.839. The first-order valence-corrected chi connectivity index (χ1v) is 12.1. The van der Waals surface area contributed by atoms with Crippen LogP contribution in [0.2, 0.25) is 10.0 Å². The molecule has 0 bridgehead atoms. The summed E-state index contributed by atoms with van der Waals surface area (Å²) in [7, 11) is 0. The van der Waals surface area contributed by atoms with E-state index in [4.69, 9.17) is 32.7 Å². The Kier molecular flexibility index (Phi) is 6.84. The van der Waals surface area contributed by atoms with Crippen molar-refractivity contribution in [3.8, 4) is 5.75 Å². The number of fused-ring (bicyclic) bond motifs is 2. The number of amides is 2. The molecule has 0 unspecified atom stereocenters. The highest BCUT2D eigenvalue weighted by molar-refractivity contribution is 6.31. The van der Waals surface area contributed by atoms with Crippen molar-refractivity contribution in [2.75, 3.05) is 6.61 Å². The van der Waals surface area contributed by atoms with Crippen LogP contribution >= 0.6 is 23.2 Å². The second-order valence-corrected chi connectivity index (χ2v) is 9.58. The number of imidazole rings is 1. The number of nitrogens with zero attached hydrogens (tertiary/aromatic N) is 2. The topological polar surface area (TPSA) is 114 Å². The third kappa shape index (κ3) is 5.38. The van der Waals surface area contributed by atoms with Gasteiger partial charge in [0, 0.05) is 34.4 Å². The van der Waals surface area contributed by atoms with Gasteiger partial charge >= 0.3 is 0 Å². The zero-order chi connectivity index (χ0) is 24.5. The van der Waals surface area contributed by atoms with Gasteiger partial charge < -0.3 is 29.6 Å². The number of aliphatic hydroxyl groups excluding tert-OH is 1. The maximum absolute atomic E-state index is 12.7. The van der Waals surface area contributed by atoms with E-state index in [9.17, 15) is 14.7 Å². The summed E-state index contributed by atoms with van der Waals surface area (Å²) in [6.45, 7) is 0.477. The summed E-state index contributed by atoms with van der Waals surface area (Å²) >= 11 is 12.0. The number of carbonyl (C=O) groups excluding carboxylic acids is 2. The Hall–Kier alpha value is -2.85. The quantitative estimate of drug-likeness (QED) is 0.478. The Morgan fingerprint density at radius 1 is 1.11 bits per heavy atom. The molecule has 2 aliphatic heterocycles. The van der Waals surface area contributed by atoms with Crippen molar-refractivity contribution >= 4 is 40.7 Å². The van der Waals surface area contributed by atoms with E-state index in [1.165, 1.54) is 0 Å². The lowest BCUT2D eigenvalue weighted by Crippen LogP contribution is -2.51. The van der Waals surface area contributed by atoms with Gasteiger partial charge in [-0.25, -0.2) is 4.98 Å². The van der Waals surface area contributed by atoms with Crippen LogP contribution in [0.5, 0.6) is 5.75 Å². The van der Waals surface area contributed by atoms with Crippen LogP contribution in [0.3, 0.4) is 0 Å². The molecule has 2 aromatic heterocycles. The fourth-order valence-electron chi connectivity index (χ4n) is 4.33. The van der Waals surface area contributed by atoms with Crippen molar-refractivity contribution in [3.63, 3.8) is 0 Å². The third-order valence-corrected chi connectivity index (χ3v) is 6.63. The van der Waals surface area contributed by atoms with Gasteiger partial charge in [-0.05, 0) is 43.2 Å². The molecule has 1 saturated heterocycles. The third-order valence-electron chi connectivity index (χ3n) is 6.16. The fraction of sp³-hybridized carbons (Fsp3) is 0.375. The van der Waals surface area contributed by atoms with Crippen LogP contribution < -0.4 is 15.4 Å². The SMILES string of the molecule is O=C(NCc1cn2ccc(Cl)cc2n1)[C@@H]1CC[C@@H](NC(=O)[C@@H]2C[C@H](O)c3cc(Cl)ccc3O2)CO1. The predicted molar refractivity (Wildman–Crippen MR) is 128 cm³/mol. The van der Waals surface area contributed by atoms with E-state index in [1.54, 1.807) is 30.3 Å². The molecule has 35 heavy (non-hydrogen) atoms. The van der Waals surface area contributed by atoms with Crippen LogP contribution in [-0.4, -0.2) is 51.2 Å². The van der Waals surface area contributed by atoms with E-state index in [0.29, 0.717) is 45.5 Å². The second kappa shape index (κ2) is 10.0. The van der Waals surface area contributed by atoms with Crippen molar-refractivity contribution in [1.29, 1.82) is 0 Å². The molecule has 0 spiro atoms. The van der Waals surface area contributed by atoms with Crippen molar-refractivity contribution in [2.45, 2.75) is 50.2 Å². The number of halogens is 2. The van der Waals surface area contributed by atoms with Crippen molar-refractivity contribution in [3.05, 3.63) is 64.0 Å². The maximum atomic E-state index is 12.7. The van der Waals surface area contributed by atoms with E-state index in [-0.39, 0.29) is 37.4 Å². The van der Waals surface area contributed by atoms with Gasteiger partial charge in [-0.3, -0.25) is 9.59 Å². The standard InChI is InChI=1S/C24H24Cl2N4O5/c25-13-1-3-19-17(7-13)18(31)9-21(35-19)24(33)29-15-2-4-20(34-12-15)23(32)27-10-16-11-30-6-5-14(26)8-22(30)28-16/h1,3,5-8,11,15,18,20-21,31H,2,4,9-10,12H2,(H,27,32)(H,29,33)/t15-,18+,20+,21+/m1/s1.